The van der Waals surface area contributed by atoms with Crippen LogP contribution >= 0.6 is 0 Å². The molecule has 1 saturated carbocycles. The van der Waals surface area contributed by atoms with Crippen LogP contribution in [0.4, 0.5) is 0 Å². The standard InChI is InChI=1S/C19H37NO2/c1-14-7-18(9-19(4,5)8-14)22-13-17(21)12-20-10-15(2)6-16(3)11-20/h14-18,21H,6-13H2,1-5H3/p+1/t14-,15-,16+,17+,18-/m0/s1. The van der Waals surface area contributed by atoms with Crippen LogP contribution in [0.5, 0.6) is 0 Å². The molecule has 0 aromatic carbocycles. The van der Waals surface area contributed by atoms with Crippen LogP contribution < -0.4 is 4.90 Å². The molecule has 6 atom stereocenters. The van der Waals surface area contributed by atoms with Crippen molar-refractivity contribution >= 4 is 0 Å². The number of aliphatic hydroxyl groups is 1. The topological polar surface area (TPSA) is 33.9 Å². The van der Waals surface area contributed by atoms with E-state index >= 15 is 0 Å². The molecule has 130 valence electrons. The number of nitrogens with one attached hydrogen (secondary N) is 1. The minimum Gasteiger partial charge on any atom is -0.385 e. The summed E-state index contributed by atoms with van der Waals surface area (Å²) in [6.07, 6.45) is 4.94. The lowest BCUT2D eigenvalue weighted by Gasteiger charge is -2.39. The van der Waals surface area contributed by atoms with E-state index in [1.807, 2.05) is 0 Å². The first-order valence-corrected chi connectivity index (χ1v) is 9.36. The van der Waals surface area contributed by atoms with E-state index in [1.54, 1.807) is 4.90 Å². The van der Waals surface area contributed by atoms with E-state index in [0.29, 0.717) is 18.1 Å². The van der Waals surface area contributed by atoms with Gasteiger partial charge < -0.3 is 14.7 Å². The minimum absolute atomic E-state index is 0.312. The highest BCUT2D eigenvalue weighted by molar-refractivity contribution is 4.83. The summed E-state index contributed by atoms with van der Waals surface area (Å²) in [5.74, 6) is 2.30. The molecule has 0 radical (unpaired) electrons. The summed E-state index contributed by atoms with van der Waals surface area (Å²) in [5, 5.41) is 10.4. The van der Waals surface area contributed by atoms with Gasteiger partial charge in [-0.15, -0.1) is 0 Å². The lowest BCUT2D eigenvalue weighted by molar-refractivity contribution is -0.915. The van der Waals surface area contributed by atoms with E-state index in [4.69, 9.17) is 4.74 Å². The molecule has 1 heterocycles. The first-order valence-electron chi connectivity index (χ1n) is 9.36. The summed E-state index contributed by atoms with van der Waals surface area (Å²) in [6, 6.07) is 0. The molecular formula is C19H38NO2+. The average Bonchev–Trinajstić information content (AvgIpc) is 2.32. The highest BCUT2D eigenvalue weighted by Crippen LogP contribution is 2.39. The van der Waals surface area contributed by atoms with E-state index in [0.717, 1.165) is 37.1 Å². The van der Waals surface area contributed by atoms with E-state index in [1.165, 1.54) is 25.9 Å². The molecular weight excluding hydrogens is 274 g/mol. The van der Waals surface area contributed by atoms with Gasteiger partial charge in [0.2, 0.25) is 0 Å². The Bertz CT molecular complexity index is 334. The number of aliphatic hydroxyl groups excluding tert-OH is 1. The molecule has 2 rings (SSSR count). The van der Waals surface area contributed by atoms with Crippen LogP contribution in [0, 0.1) is 23.2 Å². The SMILES string of the molecule is C[C@@H]1C[C@H](C)C[NH+](C[C@@H](O)CO[C@H]2C[C@H](C)CC(C)(C)C2)C1. The molecule has 1 unspecified atom stereocenters. The Morgan fingerprint density at radius 2 is 1.68 bits per heavy atom. The lowest BCUT2D eigenvalue weighted by atomic mass is 9.71. The summed E-state index contributed by atoms with van der Waals surface area (Å²) in [6.45, 7) is 15.5. The molecule has 1 aliphatic heterocycles. The first-order chi connectivity index (χ1) is 10.2. The largest absolute Gasteiger partial charge is 0.385 e. The molecule has 3 nitrogen and oxygen atoms in total. The number of hydrogen-bond acceptors (Lipinski definition) is 2. The summed E-state index contributed by atoms with van der Waals surface area (Å²) in [7, 11) is 0. The third-order valence-electron chi connectivity index (χ3n) is 5.47. The van der Waals surface area contributed by atoms with Crippen LogP contribution in [-0.2, 0) is 4.74 Å². The molecule has 22 heavy (non-hydrogen) atoms. The van der Waals surface area contributed by atoms with Gasteiger partial charge in [-0.25, -0.2) is 0 Å². The zero-order valence-corrected chi connectivity index (χ0v) is 15.4. The highest BCUT2D eigenvalue weighted by atomic mass is 16.5. The van der Waals surface area contributed by atoms with Crippen molar-refractivity contribution in [3.05, 3.63) is 0 Å². The monoisotopic (exact) mass is 312 g/mol. The highest BCUT2D eigenvalue weighted by Gasteiger charge is 2.33. The Labute approximate surface area is 137 Å². The van der Waals surface area contributed by atoms with Gasteiger partial charge in [0, 0.05) is 11.8 Å². The number of rotatable bonds is 5. The van der Waals surface area contributed by atoms with Crippen molar-refractivity contribution in [1.82, 2.24) is 0 Å². The van der Waals surface area contributed by atoms with Gasteiger partial charge in [-0.2, -0.15) is 0 Å². The fourth-order valence-corrected chi connectivity index (χ4v) is 5.11. The van der Waals surface area contributed by atoms with Crippen molar-refractivity contribution < 1.29 is 14.7 Å². The predicted molar refractivity (Wildman–Crippen MR) is 91.1 cm³/mol. The Hall–Kier alpha value is -0.120. The number of likely N-dealkylation sites (tertiary alicyclic amines) is 1. The second kappa shape index (κ2) is 7.63. The number of piperidine rings is 1. The van der Waals surface area contributed by atoms with Crippen molar-refractivity contribution in [2.75, 3.05) is 26.2 Å². The Kier molecular flexibility index (Phi) is 6.32. The predicted octanol–water partition coefficient (Wildman–Crippen LogP) is 2.14. The molecule has 1 aliphatic carbocycles. The van der Waals surface area contributed by atoms with Gasteiger partial charge in [0.15, 0.2) is 0 Å². The fourth-order valence-electron chi connectivity index (χ4n) is 5.11. The van der Waals surface area contributed by atoms with E-state index in [2.05, 4.69) is 34.6 Å². The van der Waals surface area contributed by atoms with Gasteiger partial charge in [-0.05, 0) is 37.0 Å². The Morgan fingerprint density at radius 3 is 2.27 bits per heavy atom. The van der Waals surface area contributed by atoms with Gasteiger partial charge in [-0.3, -0.25) is 0 Å². The van der Waals surface area contributed by atoms with Crippen LogP contribution in [0.3, 0.4) is 0 Å². The van der Waals surface area contributed by atoms with Crippen LogP contribution in [-0.4, -0.2) is 43.6 Å². The maximum Gasteiger partial charge on any atom is 0.126 e. The quantitative estimate of drug-likeness (QED) is 0.815. The Balaban J connectivity index is 1.72. The van der Waals surface area contributed by atoms with E-state index in [-0.39, 0.29) is 6.10 Å². The molecule has 2 aliphatic rings. The zero-order chi connectivity index (χ0) is 16.3. The van der Waals surface area contributed by atoms with Crippen LogP contribution in [0.25, 0.3) is 0 Å². The summed E-state index contributed by atoms with van der Waals surface area (Å²) in [5.41, 5.74) is 0.385. The van der Waals surface area contributed by atoms with Crippen LogP contribution in [0.2, 0.25) is 0 Å². The van der Waals surface area contributed by atoms with Gasteiger partial charge in [-0.1, -0.05) is 34.6 Å². The second-order valence-corrected chi connectivity index (χ2v) is 9.33. The first kappa shape index (κ1) is 18.2. The van der Waals surface area contributed by atoms with Crippen LogP contribution in [0.1, 0.15) is 60.3 Å². The molecule has 0 bridgehead atoms. The fraction of sp³-hybridized carbons (Fsp3) is 1.00. The third kappa shape index (κ3) is 5.82. The maximum atomic E-state index is 10.4. The number of quaternary nitrogens is 1. The number of hydrogen-bond donors (Lipinski definition) is 2. The molecule has 1 saturated heterocycles. The van der Waals surface area contributed by atoms with Crippen LogP contribution in [0.15, 0.2) is 0 Å². The molecule has 0 aromatic heterocycles. The normalized spacial score (nSPS) is 40.4. The van der Waals surface area contributed by atoms with Gasteiger partial charge in [0.05, 0.1) is 25.8 Å². The smallest absolute Gasteiger partial charge is 0.126 e. The average molecular weight is 313 g/mol. The maximum absolute atomic E-state index is 10.4. The van der Waals surface area contributed by atoms with Crippen molar-refractivity contribution in [3.63, 3.8) is 0 Å². The van der Waals surface area contributed by atoms with Crippen molar-refractivity contribution in [2.24, 2.45) is 23.2 Å². The van der Waals surface area contributed by atoms with E-state index < -0.39 is 0 Å². The van der Waals surface area contributed by atoms with Crippen molar-refractivity contribution in [3.8, 4) is 0 Å². The number of ether oxygens (including phenoxy) is 1. The molecule has 3 heteroatoms. The lowest BCUT2D eigenvalue weighted by Crippen LogP contribution is -3.15. The summed E-state index contributed by atoms with van der Waals surface area (Å²) >= 11 is 0. The van der Waals surface area contributed by atoms with Gasteiger partial charge in [0.25, 0.3) is 0 Å². The summed E-state index contributed by atoms with van der Waals surface area (Å²) < 4.78 is 6.08. The van der Waals surface area contributed by atoms with Crippen molar-refractivity contribution in [2.45, 2.75) is 72.5 Å². The van der Waals surface area contributed by atoms with Crippen molar-refractivity contribution in [1.29, 1.82) is 0 Å². The molecule has 2 fully saturated rings. The minimum atomic E-state index is -0.312. The molecule has 0 aromatic rings. The summed E-state index contributed by atoms with van der Waals surface area (Å²) in [4.78, 5) is 1.56. The molecule has 0 spiro atoms. The van der Waals surface area contributed by atoms with E-state index in [9.17, 15) is 5.11 Å². The zero-order valence-electron chi connectivity index (χ0n) is 15.4. The third-order valence-corrected chi connectivity index (χ3v) is 5.47. The Morgan fingerprint density at radius 1 is 1.05 bits per heavy atom. The van der Waals surface area contributed by atoms with Gasteiger partial charge in [0.1, 0.15) is 12.6 Å². The van der Waals surface area contributed by atoms with Gasteiger partial charge >= 0.3 is 0 Å². The second-order valence-electron chi connectivity index (χ2n) is 9.33. The molecule has 2 N–H and O–H groups in total. The molecule has 0 amide bonds.